The fourth-order valence-corrected chi connectivity index (χ4v) is 14.1. The molecule has 0 radical (unpaired) electrons. The highest BCUT2D eigenvalue weighted by atomic mass is 31.2. The molecule has 0 aliphatic rings. The molecule has 0 heterocycles. The second-order valence-corrected chi connectivity index (χ2v) is 33.0. The van der Waals surface area contributed by atoms with Gasteiger partial charge >= 0.3 is 39.5 Å². The molecule has 0 aromatic rings. The van der Waals surface area contributed by atoms with Gasteiger partial charge in [0.05, 0.1) is 26.4 Å². The first-order valence-electron chi connectivity index (χ1n) is 42.0. The molecule has 0 aliphatic carbocycles. The van der Waals surface area contributed by atoms with Crippen LogP contribution >= 0.6 is 15.6 Å². The quantitative estimate of drug-likeness (QED) is 0.0222. The number of carbonyl (C=O) groups excluding carboxylic acids is 4. The summed E-state index contributed by atoms with van der Waals surface area (Å²) in [5.74, 6) is -0.505. The van der Waals surface area contributed by atoms with Crippen molar-refractivity contribution in [3.05, 3.63) is 0 Å². The van der Waals surface area contributed by atoms with E-state index in [0.29, 0.717) is 25.7 Å². The average Bonchev–Trinajstić information content (AvgIpc) is 0.926. The molecular weight excluding hydrogens is 1310 g/mol. The Morgan fingerprint density at radius 2 is 0.460 bits per heavy atom. The van der Waals surface area contributed by atoms with Crippen molar-refractivity contribution in [1.82, 2.24) is 0 Å². The van der Waals surface area contributed by atoms with Crippen LogP contribution in [0.4, 0.5) is 0 Å². The molecule has 0 saturated carbocycles. The summed E-state index contributed by atoms with van der Waals surface area (Å²) in [6.45, 7) is 9.68. The van der Waals surface area contributed by atoms with Gasteiger partial charge in [-0.2, -0.15) is 0 Å². The number of ether oxygens (including phenoxy) is 4. The molecule has 0 fully saturated rings. The average molecular weight is 1470 g/mol. The number of hydrogen-bond donors (Lipinski definition) is 3. The summed E-state index contributed by atoms with van der Waals surface area (Å²) < 4.78 is 68.7. The Hall–Kier alpha value is -1.94. The Morgan fingerprint density at radius 3 is 0.680 bits per heavy atom. The van der Waals surface area contributed by atoms with E-state index < -0.39 is 97.5 Å². The maximum atomic E-state index is 13.1. The second kappa shape index (κ2) is 72.6. The van der Waals surface area contributed by atoms with Crippen LogP contribution < -0.4 is 0 Å². The highest BCUT2D eigenvalue weighted by Crippen LogP contribution is 2.45. The zero-order valence-corrected chi connectivity index (χ0v) is 67.3. The molecule has 0 aliphatic heterocycles. The Bertz CT molecular complexity index is 1920. The van der Waals surface area contributed by atoms with Gasteiger partial charge in [-0.3, -0.25) is 37.3 Å². The predicted molar refractivity (Wildman–Crippen MR) is 409 cm³/mol. The summed E-state index contributed by atoms with van der Waals surface area (Å²) >= 11 is 0. The minimum Gasteiger partial charge on any atom is -0.462 e. The molecule has 17 nitrogen and oxygen atoms in total. The number of unbranched alkanes of at least 4 members (excludes halogenated alkanes) is 50. The lowest BCUT2D eigenvalue weighted by molar-refractivity contribution is -0.161. The molecule has 0 saturated heterocycles. The summed E-state index contributed by atoms with van der Waals surface area (Å²) in [6.07, 6.45) is 62.4. The molecule has 0 aromatic heterocycles. The minimum atomic E-state index is -4.96. The van der Waals surface area contributed by atoms with Crippen LogP contribution in [0.3, 0.4) is 0 Å². The van der Waals surface area contributed by atoms with E-state index >= 15 is 0 Å². The van der Waals surface area contributed by atoms with E-state index in [2.05, 4.69) is 41.5 Å². The smallest absolute Gasteiger partial charge is 0.462 e. The van der Waals surface area contributed by atoms with Crippen LogP contribution in [0.25, 0.3) is 0 Å². The molecule has 0 aromatic carbocycles. The van der Waals surface area contributed by atoms with E-state index in [1.165, 1.54) is 244 Å². The summed E-state index contributed by atoms with van der Waals surface area (Å²) in [6, 6.07) is 0. The second-order valence-electron chi connectivity index (χ2n) is 30.1. The lowest BCUT2D eigenvalue weighted by atomic mass is 10.0. The summed E-state index contributed by atoms with van der Waals surface area (Å²) in [7, 11) is -9.92. The number of aliphatic hydroxyl groups excluding tert-OH is 1. The molecule has 0 amide bonds. The number of esters is 4. The van der Waals surface area contributed by atoms with Gasteiger partial charge in [0.1, 0.15) is 19.3 Å². The van der Waals surface area contributed by atoms with E-state index in [9.17, 15) is 43.2 Å². The number of rotatable bonds is 80. The van der Waals surface area contributed by atoms with Gasteiger partial charge < -0.3 is 33.8 Å². The largest absolute Gasteiger partial charge is 0.472 e. The minimum absolute atomic E-state index is 0.108. The summed E-state index contributed by atoms with van der Waals surface area (Å²) in [5.41, 5.74) is 0. The van der Waals surface area contributed by atoms with E-state index in [-0.39, 0.29) is 25.7 Å². The van der Waals surface area contributed by atoms with E-state index in [0.717, 1.165) is 102 Å². The van der Waals surface area contributed by atoms with Gasteiger partial charge in [-0.05, 0) is 37.5 Å². The van der Waals surface area contributed by atoms with Crippen molar-refractivity contribution in [2.45, 2.75) is 445 Å². The number of phosphoric ester groups is 2. The Balaban J connectivity index is 5.22. The monoisotopic (exact) mass is 1470 g/mol. The van der Waals surface area contributed by atoms with Crippen LogP contribution in [0, 0.1) is 11.8 Å². The number of carbonyl (C=O) groups is 4. The first-order valence-corrected chi connectivity index (χ1v) is 45.0. The summed E-state index contributed by atoms with van der Waals surface area (Å²) in [5, 5.41) is 10.6. The third-order valence-corrected chi connectivity index (χ3v) is 20.9. The summed E-state index contributed by atoms with van der Waals surface area (Å²) in [4.78, 5) is 73.0. The molecule has 3 N–H and O–H groups in total. The molecule has 0 spiro atoms. The predicted octanol–water partition coefficient (Wildman–Crippen LogP) is 24.3. The van der Waals surface area contributed by atoms with Crippen LogP contribution in [-0.2, 0) is 65.4 Å². The van der Waals surface area contributed by atoms with Crippen LogP contribution in [0.5, 0.6) is 0 Å². The highest BCUT2D eigenvalue weighted by molar-refractivity contribution is 7.47. The zero-order chi connectivity index (χ0) is 73.5. The van der Waals surface area contributed by atoms with Crippen LogP contribution in [0.15, 0.2) is 0 Å². The Labute approximate surface area is 613 Å². The van der Waals surface area contributed by atoms with Crippen LogP contribution in [-0.4, -0.2) is 96.7 Å². The van der Waals surface area contributed by atoms with Crippen LogP contribution in [0.2, 0.25) is 0 Å². The van der Waals surface area contributed by atoms with Gasteiger partial charge in [0.2, 0.25) is 0 Å². The SMILES string of the molecule is CCCCCCCCCCCCCCCCC(=O)O[C@H](COC(=O)CCCCCCCCCCCC)COP(=O)(O)OC[C@H](O)COP(=O)(O)OC[C@@H](COC(=O)CCCCCCCCCCCCCCC(C)C)OC(=O)CCCCCCCCCCCCCCCCCCCCC(C)C. The molecular formula is C81H158O17P2. The number of aliphatic hydroxyl groups is 1. The first kappa shape index (κ1) is 98.1. The molecule has 0 rings (SSSR count). The first-order chi connectivity index (χ1) is 48.4. The maximum Gasteiger partial charge on any atom is 0.472 e. The topological polar surface area (TPSA) is 237 Å². The van der Waals surface area contributed by atoms with Crippen molar-refractivity contribution >= 4 is 39.5 Å². The van der Waals surface area contributed by atoms with Crippen LogP contribution in [0.1, 0.15) is 427 Å². The van der Waals surface area contributed by atoms with Crippen molar-refractivity contribution in [3.8, 4) is 0 Å². The molecule has 19 heteroatoms. The molecule has 0 bridgehead atoms. The maximum absolute atomic E-state index is 13.1. The third kappa shape index (κ3) is 74.3. The van der Waals surface area contributed by atoms with Crippen molar-refractivity contribution in [2.24, 2.45) is 11.8 Å². The fraction of sp³-hybridized carbons (Fsp3) is 0.951. The van der Waals surface area contributed by atoms with Gasteiger partial charge in [0, 0.05) is 25.7 Å². The number of hydrogen-bond acceptors (Lipinski definition) is 15. The van der Waals surface area contributed by atoms with Crippen molar-refractivity contribution in [3.63, 3.8) is 0 Å². The molecule has 594 valence electrons. The van der Waals surface area contributed by atoms with Crippen molar-refractivity contribution in [2.75, 3.05) is 39.6 Å². The standard InChI is InChI=1S/C81H158O17P2/c1-7-9-11-13-15-17-19-20-28-35-41-47-53-59-65-80(85)97-76(69-91-78(83)63-57-51-45-39-18-16-14-12-10-8-2)71-95-99(87,88)93-67-75(82)68-94-100(89,90)96-72-77(70-92-79(84)64-58-52-46-40-34-31-30-33-38-44-50-56-62-74(5)6)98-81(86)66-60-54-48-42-36-29-26-24-22-21-23-25-27-32-37-43-49-55-61-73(3)4/h73-77,82H,7-72H2,1-6H3,(H,87,88)(H,89,90)/t75-,76+,77+/m0/s1. The zero-order valence-electron chi connectivity index (χ0n) is 65.5. The fourth-order valence-electron chi connectivity index (χ4n) is 12.5. The third-order valence-electron chi connectivity index (χ3n) is 19.0. The van der Waals surface area contributed by atoms with E-state index in [4.69, 9.17) is 37.0 Å². The number of phosphoric acid groups is 2. The Morgan fingerprint density at radius 1 is 0.270 bits per heavy atom. The van der Waals surface area contributed by atoms with Gasteiger partial charge in [-0.25, -0.2) is 9.13 Å². The highest BCUT2D eigenvalue weighted by Gasteiger charge is 2.30. The molecule has 100 heavy (non-hydrogen) atoms. The lowest BCUT2D eigenvalue weighted by Crippen LogP contribution is -2.30. The van der Waals surface area contributed by atoms with Gasteiger partial charge in [0.25, 0.3) is 0 Å². The van der Waals surface area contributed by atoms with E-state index in [1.807, 2.05) is 0 Å². The van der Waals surface area contributed by atoms with Gasteiger partial charge in [-0.15, -0.1) is 0 Å². The van der Waals surface area contributed by atoms with Gasteiger partial charge in [-0.1, -0.05) is 375 Å². The Kier molecular flexibility index (Phi) is 71.2. The molecule has 2 unspecified atom stereocenters. The van der Waals surface area contributed by atoms with Crippen molar-refractivity contribution in [1.29, 1.82) is 0 Å². The normalized spacial score (nSPS) is 13.9. The molecule has 5 atom stereocenters. The van der Waals surface area contributed by atoms with E-state index in [1.54, 1.807) is 0 Å². The van der Waals surface area contributed by atoms with Gasteiger partial charge in [0.15, 0.2) is 12.2 Å². The lowest BCUT2D eigenvalue weighted by Gasteiger charge is -2.21. The van der Waals surface area contributed by atoms with Crippen molar-refractivity contribution < 1.29 is 80.2 Å².